The molecule has 0 N–H and O–H groups in total. The lowest BCUT2D eigenvalue weighted by molar-refractivity contribution is 0.773. The summed E-state index contributed by atoms with van der Waals surface area (Å²) >= 11 is 1.87. The summed E-state index contributed by atoms with van der Waals surface area (Å²) in [4.78, 5) is 2.50. The molecule has 2 aliphatic carbocycles. The fourth-order valence-corrected chi connectivity index (χ4v) is 11.8. The molecule has 0 radical (unpaired) electrons. The molecule has 0 aliphatic heterocycles. The number of hydrogen-bond acceptors (Lipinski definition) is 2. The molecule has 2 aliphatic rings. The zero-order valence-corrected chi connectivity index (χ0v) is 32.9. The topological polar surface area (TPSA) is 3.24 Å². The van der Waals surface area contributed by atoms with Crippen LogP contribution in [0.2, 0.25) is 0 Å². The average molecular weight is 766 g/mol. The van der Waals surface area contributed by atoms with Crippen molar-refractivity contribution in [3.63, 3.8) is 0 Å². The van der Waals surface area contributed by atoms with Gasteiger partial charge in [0.05, 0.1) is 11.1 Å². The summed E-state index contributed by atoms with van der Waals surface area (Å²) in [7, 11) is 0. The second-order valence-electron chi connectivity index (χ2n) is 15.9. The molecule has 1 atom stereocenters. The molecule has 0 saturated heterocycles. The Morgan fingerprint density at radius 1 is 0.356 bits per heavy atom. The van der Waals surface area contributed by atoms with E-state index in [1.165, 1.54) is 97.4 Å². The Morgan fingerprint density at radius 3 is 1.92 bits per heavy atom. The maximum absolute atomic E-state index is 2.53. The van der Waals surface area contributed by atoms with Crippen molar-refractivity contribution in [2.75, 3.05) is 4.90 Å². The van der Waals surface area contributed by atoms with Crippen LogP contribution in [0.3, 0.4) is 0 Å². The zero-order chi connectivity index (χ0) is 38.7. The largest absolute Gasteiger partial charge is 0.310 e. The number of nitrogens with zero attached hydrogens (tertiary/aromatic N) is 1. The lowest BCUT2D eigenvalue weighted by Crippen LogP contribution is -2.32. The Bertz CT molecular complexity index is 3510. The maximum atomic E-state index is 2.53. The van der Waals surface area contributed by atoms with Crippen LogP contribution in [0.1, 0.15) is 22.3 Å². The Kier molecular flexibility index (Phi) is 6.87. The molecule has 0 amide bonds. The van der Waals surface area contributed by atoms with Crippen LogP contribution in [0.5, 0.6) is 0 Å². The number of benzene rings is 10. The van der Waals surface area contributed by atoms with Gasteiger partial charge in [0.15, 0.2) is 0 Å². The van der Waals surface area contributed by atoms with Crippen molar-refractivity contribution in [1.29, 1.82) is 0 Å². The summed E-state index contributed by atoms with van der Waals surface area (Å²) in [5, 5.41) is 7.66. The van der Waals surface area contributed by atoms with Gasteiger partial charge in [0.25, 0.3) is 0 Å². The molecular weight excluding hydrogens is 731 g/mol. The minimum atomic E-state index is -0.560. The SMILES string of the molecule is c1ccc(-c2cccc3c2-c2ccc(N(c4ccc5c(c4)sc4ccccc45)c4cccc5ccccc45)cc2C32c3ccccc3-c3cccc4cccc2c34)cc1. The van der Waals surface area contributed by atoms with E-state index in [0.29, 0.717) is 0 Å². The van der Waals surface area contributed by atoms with Crippen LogP contribution >= 0.6 is 11.3 Å². The number of fused-ring (bicyclic) bond motifs is 13. The van der Waals surface area contributed by atoms with Crippen molar-refractivity contribution in [2.45, 2.75) is 5.41 Å². The highest BCUT2D eigenvalue weighted by molar-refractivity contribution is 7.25. The fourth-order valence-electron chi connectivity index (χ4n) is 10.7. The molecule has 1 unspecified atom stereocenters. The Morgan fingerprint density at radius 2 is 0.983 bits per heavy atom. The lowest BCUT2D eigenvalue weighted by atomic mass is 9.61. The second kappa shape index (κ2) is 12.4. The minimum Gasteiger partial charge on any atom is -0.310 e. The monoisotopic (exact) mass is 765 g/mol. The molecule has 1 spiro atoms. The second-order valence-corrected chi connectivity index (χ2v) is 17.0. The van der Waals surface area contributed by atoms with E-state index in [1.807, 2.05) is 11.3 Å². The van der Waals surface area contributed by atoms with Crippen LogP contribution in [0.25, 0.3) is 75.1 Å². The molecule has 0 bridgehead atoms. The lowest BCUT2D eigenvalue weighted by Gasteiger charge is -2.40. The predicted octanol–water partition coefficient (Wildman–Crippen LogP) is 15.8. The van der Waals surface area contributed by atoms with Crippen molar-refractivity contribution < 1.29 is 0 Å². The zero-order valence-electron chi connectivity index (χ0n) is 32.1. The van der Waals surface area contributed by atoms with Gasteiger partial charge in [0.1, 0.15) is 0 Å². The van der Waals surface area contributed by atoms with E-state index < -0.39 is 5.41 Å². The number of anilines is 3. The van der Waals surface area contributed by atoms with Crippen molar-refractivity contribution in [3.05, 3.63) is 235 Å². The van der Waals surface area contributed by atoms with E-state index in [2.05, 4.69) is 217 Å². The molecule has 2 heteroatoms. The highest BCUT2D eigenvalue weighted by atomic mass is 32.1. The molecule has 1 nitrogen and oxygen atoms in total. The first kappa shape index (κ1) is 32.8. The number of hydrogen-bond donors (Lipinski definition) is 0. The van der Waals surface area contributed by atoms with Gasteiger partial charge in [-0.25, -0.2) is 0 Å². The number of thiophene rings is 1. The molecule has 0 saturated carbocycles. The summed E-state index contributed by atoms with van der Waals surface area (Å²) in [6.45, 7) is 0. The van der Waals surface area contributed by atoms with Gasteiger partial charge in [-0.2, -0.15) is 0 Å². The molecule has 1 heterocycles. The van der Waals surface area contributed by atoms with Gasteiger partial charge in [-0.15, -0.1) is 11.3 Å². The van der Waals surface area contributed by atoms with Gasteiger partial charge in [0.2, 0.25) is 0 Å². The third-order valence-corrected chi connectivity index (χ3v) is 14.2. The molecule has 59 heavy (non-hydrogen) atoms. The van der Waals surface area contributed by atoms with Crippen molar-refractivity contribution in [1.82, 2.24) is 0 Å². The average Bonchev–Trinajstić information content (AvgIpc) is 3.82. The van der Waals surface area contributed by atoms with Crippen molar-refractivity contribution in [3.8, 4) is 33.4 Å². The van der Waals surface area contributed by atoms with E-state index in [4.69, 9.17) is 0 Å². The smallest absolute Gasteiger partial charge is 0.0726 e. The van der Waals surface area contributed by atoms with Crippen LogP contribution in [-0.4, -0.2) is 0 Å². The van der Waals surface area contributed by atoms with Gasteiger partial charge in [-0.1, -0.05) is 176 Å². The Hall–Kier alpha value is -7.26. The van der Waals surface area contributed by atoms with Crippen LogP contribution in [-0.2, 0) is 5.41 Å². The van der Waals surface area contributed by atoms with E-state index in [1.54, 1.807) is 0 Å². The first-order valence-corrected chi connectivity index (χ1v) is 21.2. The van der Waals surface area contributed by atoms with Gasteiger partial charge >= 0.3 is 0 Å². The summed E-state index contributed by atoms with van der Waals surface area (Å²) in [6.07, 6.45) is 0. The van der Waals surface area contributed by atoms with Crippen molar-refractivity contribution in [2.24, 2.45) is 0 Å². The van der Waals surface area contributed by atoms with Crippen LogP contribution in [0.4, 0.5) is 17.1 Å². The number of rotatable bonds is 4. The van der Waals surface area contributed by atoms with E-state index in [9.17, 15) is 0 Å². The molecule has 274 valence electrons. The Balaban J connectivity index is 1.16. The predicted molar refractivity (Wildman–Crippen MR) is 251 cm³/mol. The van der Waals surface area contributed by atoms with Crippen LogP contribution in [0, 0.1) is 0 Å². The standard InChI is InChI=1S/C57H35NS/c1-2-14-37(15-3-1)42-23-13-27-50-56(42)47-33-31-39(34-51(47)57(50)48-25-8-6-21-43(48)46-24-10-18-38-19-11-26-49(57)55(38)46)58(52-28-12-17-36-16-4-5-20-41(36)52)40-30-32-45-44-22-7-9-29-53(44)59-54(45)35-40/h1-35H. The first-order chi connectivity index (χ1) is 29.3. The normalized spacial score (nSPS) is 14.8. The quantitative estimate of drug-likeness (QED) is 0.172. The maximum Gasteiger partial charge on any atom is 0.0726 e. The molecule has 10 aromatic carbocycles. The van der Waals surface area contributed by atoms with Crippen LogP contribution < -0.4 is 4.90 Å². The van der Waals surface area contributed by atoms with Crippen molar-refractivity contribution >= 4 is 70.1 Å². The first-order valence-electron chi connectivity index (χ1n) is 20.4. The molecule has 1 aromatic heterocycles. The third kappa shape index (κ3) is 4.50. The van der Waals surface area contributed by atoms with Gasteiger partial charge < -0.3 is 4.90 Å². The summed E-state index contributed by atoms with van der Waals surface area (Å²) in [5.74, 6) is 0. The van der Waals surface area contributed by atoms with Gasteiger partial charge in [0, 0.05) is 36.9 Å². The summed E-state index contributed by atoms with van der Waals surface area (Å²) in [5.41, 5.74) is 15.9. The Labute approximate surface area is 346 Å². The third-order valence-electron chi connectivity index (χ3n) is 13.0. The summed E-state index contributed by atoms with van der Waals surface area (Å²) in [6, 6.07) is 79.5. The fraction of sp³-hybridized carbons (Fsp3) is 0.0175. The molecular formula is C57H35NS. The van der Waals surface area contributed by atoms with E-state index in [-0.39, 0.29) is 0 Å². The minimum absolute atomic E-state index is 0.560. The van der Waals surface area contributed by atoms with Gasteiger partial charge in [-0.05, 0) is 108 Å². The molecule has 13 rings (SSSR count). The van der Waals surface area contributed by atoms with E-state index >= 15 is 0 Å². The highest BCUT2D eigenvalue weighted by Crippen LogP contribution is 2.64. The molecule has 0 fully saturated rings. The summed E-state index contributed by atoms with van der Waals surface area (Å²) < 4.78 is 2.60. The van der Waals surface area contributed by atoms with Crippen LogP contribution in [0.15, 0.2) is 212 Å². The highest BCUT2D eigenvalue weighted by Gasteiger charge is 2.51. The van der Waals surface area contributed by atoms with E-state index in [0.717, 1.165) is 17.1 Å². The van der Waals surface area contributed by atoms with Gasteiger partial charge in [-0.3, -0.25) is 0 Å². The molecule has 11 aromatic rings.